The maximum absolute atomic E-state index is 9.72. The van der Waals surface area contributed by atoms with E-state index >= 15 is 0 Å². The highest BCUT2D eigenvalue weighted by atomic mass is 16.5. The van der Waals surface area contributed by atoms with Gasteiger partial charge in [0.15, 0.2) is 0 Å². The highest BCUT2D eigenvalue weighted by Crippen LogP contribution is 2.44. The van der Waals surface area contributed by atoms with Crippen molar-refractivity contribution in [3.8, 4) is 11.8 Å². The van der Waals surface area contributed by atoms with Crippen LogP contribution in [0.5, 0.6) is 5.75 Å². The van der Waals surface area contributed by atoms with Gasteiger partial charge in [-0.15, -0.1) is 0 Å². The summed E-state index contributed by atoms with van der Waals surface area (Å²) in [6, 6.07) is 7.14. The van der Waals surface area contributed by atoms with Crippen molar-refractivity contribution in [1.29, 1.82) is 5.26 Å². The molecule has 2 saturated heterocycles. The predicted octanol–water partition coefficient (Wildman–Crippen LogP) is 1.68. The van der Waals surface area contributed by atoms with Crippen LogP contribution in [-0.2, 0) is 0 Å². The van der Waals surface area contributed by atoms with E-state index in [9.17, 15) is 5.26 Å². The molecule has 6 nitrogen and oxygen atoms in total. The second-order valence-electron chi connectivity index (χ2n) is 6.39. The van der Waals surface area contributed by atoms with Gasteiger partial charge in [0.25, 0.3) is 0 Å². The molecule has 0 amide bonds. The van der Waals surface area contributed by atoms with Crippen molar-refractivity contribution in [3.63, 3.8) is 0 Å². The zero-order valence-corrected chi connectivity index (χ0v) is 14.2. The summed E-state index contributed by atoms with van der Waals surface area (Å²) in [6.45, 7) is 2.04. The van der Waals surface area contributed by atoms with Crippen molar-refractivity contribution >= 4 is 17.7 Å². The first-order chi connectivity index (χ1) is 11.1. The lowest BCUT2D eigenvalue weighted by Gasteiger charge is -2.48. The molecule has 2 aliphatic rings. The number of rotatable bonds is 4. The summed E-state index contributed by atoms with van der Waals surface area (Å²) in [7, 11) is 7.64. The van der Waals surface area contributed by atoms with Crippen molar-refractivity contribution in [3.05, 3.63) is 17.7 Å². The molecule has 2 aliphatic heterocycles. The summed E-state index contributed by atoms with van der Waals surface area (Å²) in [5.41, 5.74) is 2.17. The molecule has 0 radical (unpaired) electrons. The molecule has 0 aliphatic carbocycles. The van der Waals surface area contributed by atoms with Gasteiger partial charge in [0.05, 0.1) is 24.8 Å². The van der Waals surface area contributed by atoms with E-state index in [4.69, 9.17) is 4.74 Å². The number of likely N-dealkylation sites (N-methyl/N-ethyl adjacent to an activating group) is 1. The first-order valence-corrected chi connectivity index (χ1v) is 7.85. The Kier molecular flexibility index (Phi) is 4.14. The van der Waals surface area contributed by atoms with Crippen molar-refractivity contribution in [1.82, 2.24) is 9.80 Å². The molecule has 1 aromatic carbocycles. The molecule has 1 aromatic rings. The van der Waals surface area contributed by atoms with Crippen molar-refractivity contribution in [2.24, 2.45) is 4.99 Å². The lowest BCUT2D eigenvalue weighted by Crippen LogP contribution is -2.61. The number of anilines is 1. The van der Waals surface area contributed by atoms with E-state index in [0.717, 1.165) is 30.9 Å². The third kappa shape index (κ3) is 2.62. The summed E-state index contributed by atoms with van der Waals surface area (Å²) in [5.74, 6) is 0.748. The molecule has 0 bridgehead atoms. The highest BCUT2D eigenvalue weighted by Gasteiger charge is 2.47. The highest BCUT2D eigenvalue weighted by molar-refractivity contribution is 5.79. The van der Waals surface area contributed by atoms with Crippen LogP contribution in [0.4, 0.5) is 11.4 Å². The number of methoxy groups -OCH3 is 1. The van der Waals surface area contributed by atoms with Gasteiger partial charge < -0.3 is 14.5 Å². The van der Waals surface area contributed by atoms with Gasteiger partial charge in [-0.05, 0) is 25.6 Å². The molecule has 6 heteroatoms. The standard InChI is InChI=1S/C17H23N5O/c1-20(2)11-19-13-5-6-16(23-4)17(12(13)9-18)22-10-15-14(22)7-8-21(15)3/h5-6,11,14-15H,7-8,10H2,1-4H3. The number of fused-ring (bicyclic) bond motifs is 1. The predicted molar refractivity (Wildman–Crippen MR) is 91.7 cm³/mol. The average Bonchev–Trinajstić information content (AvgIpc) is 2.79. The fourth-order valence-corrected chi connectivity index (χ4v) is 3.48. The molecule has 2 heterocycles. The minimum atomic E-state index is 0.467. The number of nitrogens with zero attached hydrogens (tertiary/aromatic N) is 5. The van der Waals surface area contributed by atoms with E-state index in [1.165, 1.54) is 0 Å². The van der Waals surface area contributed by atoms with Crippen LogP contribution in [-0.4, -0.2) is 69.6 Å². The van der Waals surface area contributed by atoms with Gasteiger partial charge >= 0.3 is 0 Å². The number of ether oxygens (including phenoxy) is 1. The largest absolute Gasteiger partial charge is 0.495 e. The van der Waals surface area contributed by atoms with Crippen LogP contribution in [0, 0.1) is 11.3 Å². The lowest BCUT2D eigenvalue weighted by atomic mass is 9.94. The first kappa shape index (κ1) is 15.6. The molecular weight excluding hydrogens is 290 g/mol. The van der Waals surface area contributed by atoms with Gasteiger partial charge in [-0.25, -0.2) is 4.99 Å². The van der Waals surface area contributed by atoms with Crippen LogP contribution >= 0.6 is 0 Å². The number of hydrogen-bond donors (Lipinski definition) is 0. The average molecular weight is 313 g/mol. The van der Waals surface area contributed by atoms with E-state index in [-0.39, 0.29) is 0 Å². The number of likely N-dealkylation sites (tertiary alicyclic amines) is 1. The molecule has 2 fully saturated rings. The second kappa shape index (κ2) is 6.09. The van der Waals surface area contributed by atoms with Gasteiger partial charge in [-0.2, -0.15) is 5.26 Å². The fraction of sp³-hybridized carbons (Fsp3) is 0.529. The Labute approximate surface area is 137 Å². The summed E-state index contributed by atoms with van der Waals surface area (Å²) < 4.78 is 5.53. The van der Waals surface area contributed by atoms with Crippen LogP contribution < -0.4 is 9.64 Å². The van der Waals surface area contributed by atoms with Crippen molar-refractivity contribution < 1.29 is 4.74 Å². The van der Waals surface area contributed by atoms with Crippen LogP contribution in [0.15, 0.2) is 17.1 Å². The molecule has 122 valence electrons. The van der Waals surface area contributed by atoms with E-state index in [2.05, 4.69) is 27.9 Å². The van der Waals surface area contributed by atoms with E-state index in [1.807, 2.05) is 31.1 Å². The minimum absolute atomic E-state index is 0.467. The Balaban J connectivity index is 2.01. The molecular formula is C17H23N5O. The van der Waals surface area contributed by atoms with Crippen LogP contribution in [0.1, 0.15) is 12.0 Å². The SMILES string of the molecule is COc1ccc(N=CN(C)C)c(C#N)c1N1CC2C1CCN2C. The van der Waals surface area contributed by atoms with E-state index in [1.54, 1.807) is 13.4 Å². The third-order valence-electron chi connectivity index (χ3n) is 4.74. The van der Waals surface area contributed by atoms with Crippen LogP contribution in [0.3, 0.4) is 0 Å². The molecule has 23 heavy (non-hydrogen) atoms. The van der Waals surface area contributed by atoms with Crippen molar-refractivity contribution in [2.45, 2.75) is 18.5 Å². The Morgan fingerprint density at radius 2 is 2.17 bits per heavy atom. The second-order valence-corrected chi connectivity index (χ2v) is 6.39. The number of nitriles is 1. The Morgan fingerprint density at radius 1 is 1.39 bits per heavy atom. The van der Waals surface area contributed by atoms with Gasteiger partial charge in [0.2, 0.25) is 0 Å². The smallest absolute Gasteiger partial charge is 0.143 e. The summed E-state index contributed by atoms with van der Waals surface area (Å²) in [6.07, 6.45) is 2.84. The topological polar surface area (TPSA) is 55.1 Å². The zero-order valence-electron chi connectivity index (χ0n) is 14.2. The Hall–Kier alpha value is -2.26. The minimum Gasteiger partial charge on any atom is -0.495 e. The molecule has 0 spiro atoms. The summed E-state index contributed by atoms with van der Waals surface area (Å²) in [4.78, 5) is 11.0. The van der Waals surface area contributed by atoms with Gasteiger partial charge in [-0.1, -0.05) is 0 Å². The number of aliphatic imine (C=N–C) groups is 1. The van der Waals surface area contributed by atoms with E-state index in [0.29, 0.717) is 23.3 Å². The Morgan fingerprint density at radius 3 is 2.78 bits per heavy atom. The zero-order chi connectivity index (χ0) is 16.6. The molecule has 0 aromatic heterocycles. The lowest BCUT2D eigenvalue weighted by molar-refractivity contribution is 0.240. The van der Waals surface area contributed by atoms with Crippen molar-refractivity contribution in [2.75, 3.05) is 46.2 Å². The molecule has 3 rings (SSSR count). The third-order valence-corrected chi connectivity index (χ3v) is 4.74. The van der Waals surface area contributed by atoms with Crippen LogP contribution in [0.25, 0.3) is 0 Å². The summed E-state index contributed by atoms with van der Waals surface area (Å²) >= 11 is 0. The monoisotopic (exact) mass is 313 g/mol. The van der Waals surface area contributed by atoms with Gasteiger partial charge in [-0.3, -0.25) is 4.90 Å². The van der Waals surface area contributed by atoms with Gasteiger partial charge in [0, 0.05) is 39.3 Å². The maximum atomic E-state index is 9.72. The number of benzene rings is 1. The molecule has 0 N–H and O–H groups in total. The molecule has 0 saturated carbocycles. The first-order valence-electron chi connectivity index (χ1n) is 7.85. The molecule has 2 unspecified atom stereocenters. The quantitative estimate of drug-likeness (QED) is 0.625. The van der Waals surface area contributed by atoms with Gasteiger partial charge in [0.1, 0.15) is 17.4 Å². The molecule has 2 atom stereocenters. The normalized spacial score (nSPS) is 23.5. The summed E-state index contributed by atoms with van der Waals surface area (Å²) in [5, 5.41) is 9.72. The van der Waals surface area contributed by atoms with Crippen LogP contribution in [0.2, 0.25) is 0 Å². The Bertz CT molecular complexity index is 664. The number of hydrogen-bond acceptors (Lipinski definition) is 5. The van der Waals surface area contributed by atoms with E-state index < -0.39 is 0 Å². The fourth-order valence-electron chi connectivity index (χ4n) is 3.48. The maximum Gasteiger partial charge on any atom is 0.143 e.